The van der Waals surface area contributed by atoms with E-state index in [9.17, 15) is 23.1 Å². The Labute approximate surface area is 257 Å². The van der Waals surface area contributed by atoms with Gasteiger partial charge in [0, 0.05) is 43.7 Å². The van der Waals surface area contributed by atoms with Gasteiger partial charge in [0.15, 0.2) is 10.7 Å². The Bertz CT molecular complexity index is 1600. The highest BCUT2D eigenvalue weighted by Gasteiger charge is 2.40. The first-order chi connectivity index (χ1) is 20.6. The largest absolute Gasteiger partial charge is 0.465 e. The maximum Gasteiger partial charge on any atom is 0.430 e. The van der Waals surface area contributed by atoms with Crippen molar-refractivity contribution in [3.05, 3.63) is 69.8 Å². The van der Waals surface area contributed by atoms with Crippen LogP contribution in [0.2, 0.25) is 0 Å². The third kappa shape index (κ3) is 7.49. The van der Waals surface area contributed by atoms with Crippen LogP contribution in [0.5, 0.6) is 0 Å². The standard InChI is InChI=1S/C28H32F3N5O6S2/c1-28(2,3)42-27(39)36(24-16-43-17-32-24)44(40,41)25-22(30)12-19(13-23(25)31)35(26(37)38)15-20-18(6-5-7-21(20)29)14-34-10-8-33(4)9-11-34/h5-7,12-13,16-17H,8-11,14-15H2,1-4H3,(H,37,38). The molecular formula is C28H32F3N5O6S2. The summed E-state index contributed by atoms with van der Waals surface area (Å²) in [6.07, 6.45) is -3.11. The molecule has 2 heterocycles. The molecule has 1 aliphatic heterocycles. The Morgan fingerprint density at radius 1 is 1.07 bits per heavy atom. The quantitative estimate of drug-likeness (QED) is 0.352. The number of rotatable bonds is 8. The molecule has 3 aromatic rings. The second-order valence-electron chi connectivity index (χ2n) is 11.2. The highest BCUT2D eigenvalue weighted by atomic mass is 32.2. The van der Waals surface area contributed by atoms with Gasteiger partial charge in [0.05, 0.1) is 17.7 Å². The number of anilines is 2. The molecule has 2 aromatic carbocycles. The molecule has 44 heavy (non-hydrogen) atoms. The van der Waals surface area contributed by atoms with Crippen LogP contribution in [-0.4, -0.2) is 79.3 Å². The smallest absolute Gasteiger partial charge is 0.430 e. The van der Waals surface area contributed by atoms with E-state index in [-0.39, 0.29) is 9.87 Å². The number of sulfonamides is 1. The predicted molar refractivity (Wildman–Crippen MR) is 158 cm³/mol. The predicted octanol–water partition coefficient (Wildman–Crippen LogP) is 5.12. The molecule has 0 aliphatic carbocycles. The van der Waals surface area contributed by atoms with Gasteiger partial charge < -0.3 is 14.7 Å². The van der Waals surface area contributed by atoms with E-state index in [4.69, 9.17) is 4.74 Å². The normalized spacial score (nSPS) is 14.8. The van der Waals surface area contributed by atoms with Crippen LogP contribution in [0.25, 0.3) is 0 Å². The average Bonchev–Trinajstić information content (AvgIpc) is 3.41. The minimum absolute atomic E-state index is 0.00553. The van der Waals surface area contributed by atoms with Gasteiger partial charge in [0.2, 0.25) is 0 Å². The number of thiazole rings is 1. The van der Waals surface area contributed by atoms with Gasteiger partial charge in [-0.25, -0.2) is 36.2 Å². The number of carbonyl (C=O) groups is 2. The minimum Gasteiger partial charge on any atom is -0.465 e. The van der Waals surface area contributed by atoms with Crippen molar-refractivity contribution in [1.29, 1.82) is 0 Å². The SMILES string of the molecule is CN1CCN(Cc2cccc(F)c2CN(C(=O)O)c2cc(F)c(S(=O)(=O)N(C(=O)OC(C)(C)C)c3cscn3)c(F)c2)CC1. The number of halogens is 3. The summed E-state index contributed by atoms with van der Waals surface area (Å²) >= 11 is 0.926. The number of likely N-dealkylation sites (N-methyl/N-ethyl adjacent to an activating group) is 1. The van der Waals surface area contributed by atoms with Crippen molar-refractivity contribution >= 4 is 45.1 Å². The third-order valence-electron chi connectivity index (χ3n) is 6.73. The van der Waals surface area contributed by atoms with Gasteiger partial charge >= 0.3 is 12.2 Å². The summed E-state index contributed by atoms with van der Waals surface area (Å²) in [7, 11) is -3.31. The number of piperazine rings is 1. The van der Waals surface area contributed by atoms with Gasteiger partial charge in [-0.15, -0.1) is 15.6 Å². The third-order valence-corrected chi connectivity index (χ3v) is 9.03. The number of benzene rings is 2. The maximum atomic E-state index is 15.6. The van der Waals surface area contributed by atoms with Crippen molar-refractivity contribution in [2.45, 2.75) is 44.4 Å². The molecule has 1 fully saturated rings. The van der Waals surface area contributed by atoms with Crippen molar-refractivity contribution in [2.75, 3.05) is 42.4 Å². The summed E-state index contributed by atoms with van der Waals surface area (Å²) < 4.78 is 78.4. The maximum absolute atomic E-state index is 15.6. The Hall–Kier alpha value is -3.73. The molecule has 11 nitrogen and oxygen atoms in total. The summed E-state index contributed by atoms with van der Waals surface area (Å²) in [5, 5.41) is 11.1. The summed E-state index contributed by atoms with van der Waals surface area (Å²) in [5.74, 6) is -4.52. The fourth-order valence-corrected chi connectivity index (χ4v) is 6.52. The molecule has 0 radical (unpaired) electrons. The Morgan fingerprint density at radius 3 is 2.25 bits per heavy atom. The number of aromatic nitrogens is 1. The van der Waals surface area contributed by atoms with Crippen LogP contribution in [0.4, 0.5) is 34.3 Å². The van der Waals surface area contributed by atoms with Crippen molar-refractivity contribution in [1.82, 2.24) is 14.8 Å². The molecule has 1 N–H and O–H groups in total. The highest BCUT2D eigenvalue weighted by Crippen LogP contribution is 2.33. The Morgan fingerprint density at radius 2 is 1.70 bits per heavy atom. The second-order valence-corrected chi connectivity index (χ2v) is 13.6. The Balaban J connectivity index is 1.70. The fraction of sp³-hybridized carbons (Fsp3) is 0.393. The van der Waals surface area contributed by atoms with Crippen molar-refractivity contribution in [2.24, 2.45) is 0 Å². The van der Waals surface area contributed by atoms with Gasteiger partial charge in [-0.1, -0.05) is 12.1 Å². The van der Waals surface area contributed by atoms with Gasteiger partial charge in [-0.05, 0) is 51.6 Å². The van der Waals surface area contributed by atoms with E-state index < -0.39 is 68.2 Å². The van der Waals surface area contributed by atoms with Gasteiger partial charge in [-0.3, -0.25) is 9.80 Å². The fourth-order valence-electron chi connectivity index (χ4n) is 4.57. The highest BCUT2D eigenvalue weighted by molar-refractivity contribution is 7.93. The molecule has 0 bridgehead atoms. The first-order valence-electron chi connectivity index (χ1n) is 13.4. The first-order valence-corrected chi connectivity index (χ1v) is 15.8. The number of carbonyl (C=O) groups excluding carboxylic acids is 1. The zero-order chi connectivity index (χ0) is 32.4. The van der Waals surface area contributed by atoms with Gasteiger partial charge in [0.1, 0.15) is 23.1 Å². The topological polar surface area (TPSA) is 124 Å². The van der Waals surface area contributed by atoms with Crippen LogP contribution < -0.4 is 9.21 Å². The molecular weight excluding hydrogens is 623 g/mol. The van der Waals surface area contributed by atoms with Crippen molar-refractivity contribution < 1.29 is 41.0 Å². The lowest BCUT2D eigenvalue weighted by atomic mass is 10.0. The lowest BCUT2D eigenvalue weighted by Crippen LogP contribution is -2.44. The zero-order valence-corrected chi connectivity index (χ0v) is 26.1. The molecule has 16 heteroatoms. The summed E-state index contributed by atoms with van der Waals surface area (Å²) in [6.45, 7) is 7.15. The number of amides is 2. The second kappa shape index (κ2) is 13.1. The average molecular weight is 656 g/mol. The monoisotopic (exact) mass is 655 g/mol. The van der Waals surface area contributed by atoms with Gasteiger partial charge in [0.25, 0.3) is 10.0 Å². The molecule has 238 valence electrons. The number of hydrogen-bond donors (Lipinski definition) is 1. The van der Waals surface area contributed by atoms with E-state index >= 15 is 13.2 Å². The van der Waals surface area contributed by atoms with E-state index in [0.717, 1.165) is 30.5 Å². The van der Waals surface area contributed by atoms with E-state index in [1.807, 2.05) is 7.05 Å². The number of ether oxygens (including phenoxy) is 1. The van der Waals surface area contributed by atoms with E-state index in [2.05, 4.69) is 14.8 Å². The van der Waals surface area contributed by atoms with Crippen LogP contribution in [0.3, 0.4) is 0 Å². The van der Waals surface area contributed by atoms with Crippen LogP contribution in [-0.2, 0) is 27.8 Å². The van der Waals surface area contributed by atoms with Crippen LogP contribution in [0.1, 0.15) is 31.9 Å². The van der Waals surface area contributed by atoms with E-state index in [1.165, 1.54) is 37.7 Å². The number of carboxylic acid groups (broad SMARTS) is 1. The molecule has 0 atom stereocenters. The van der Waals surface area contributed by atoms with Gasteiger partial charge in [-0.2, -0.15) is 0 Å². The molecule has 4 rings (SSSR count). The van der Waals surface area contributed by atoms with Crippen molar-refractivity contribution in [3.63, 3.8) is 0 Å². The van der Waals surface area contributed by atoms with Crippen LogP contribution in [0, 0.1) is 17.5 Å². The number of hydrogen-bond acceptors (Lipinski definition) is 9. The molecule has 1 saturated heterocycles. The molecule has 1 aromatic heterocycles. The minimum atomic E-state index is -5.29. The lowest BCUT2D eigenvalue weighted by molar-refractivity contribution is 0.0608. The summed E-state index contributed by atoms with van der Waals surface area (Å²) in [5.41, 5.74) is -0.0377. The Kier molecular flexibility index (Phi) is 9.87. The molecule has 1 aliphatic rings. The molecule has 2 amide bonds. The first kappa shape index (κ1) is 33.2. The van der Waals surface area contributed by atoms with E-state index in [1.54, 1.807) is 6.07 Å². The van der Waals surface area contributed by atoms with Crippen molar-refractivity contribution in [3.8, 4) is 0 Å². The summed E-state index contributed by atoms with van der Waals surface area (Å²) in [4.78, 5) is 32.2. The lowest BCUT2D eigenvalue weighted by Gasteiger charge is -2.33. The zero-order valence-electron chi connectivity index (χ0n) is 24.5. The molecule has 0 spiro atoms. The molecule has 0 unspecified atom stereocenters. The van der Waals surface area contributed by atoms with Crippen LogP contribution in [0.15, 0.2) is 46.1 Å². The molecule has 0 saturated carbocycles. The number of nitrogens with zero attached hydrogens (tertiary/aromatic N) is 5. The van der Waals surface area contributed by atoms with E-state index in [0.29, 0.717) is 42.2 Å². The summed E-state index contributed by atoms with van der Waals surface area (Å²) in [6, 6.07) is 5.30. The van der Waals surface area contributed by atoms with Crippen LogP contribution >= 0.6 is 11.3 Å².